The Labute approximate surface area is 384 Å². The molecule has 4 heterocycles. The Morgan fingerprint density at radius 2 is 1.00 bits per heavy atom. The van der Waals surface area contributed by atoms with E-state index in [0.717, 1.165) is 24.3 Å². The van der Waals surface area contributed by atoms with Crippen LogP contribution >= 0.6 is 23.5 Å². The maximum Gasteiger partial charge on any atom is 0.315 e. The van der Waals surface area contributed by atoms with Crippen molar-refractivity contribution in [2.75, 3.05) is 11.5 Å². The summed E-state index contributed by atoms with van der Waals surface area (Å²) in [4.78, 5) is 68.0. The minimum atomic E-state index is -2.36. The van der Waals surface area contributed by atoms with Crippen LogP contribution in [0.4, 0.5) is 53.5 Å². The van der Waals surface area contributed by atoms with E-state index in [0.29, 0.717) is 25.7 Å². The van der Waals surface area contributed by atoms with Crippen molar-refractivity contribution >= 4 is 59.4 Å². The number of hydrogen-bond acceptors (Lipinski definition) is 11. The van der Waals surface area contributed by atoms with Crippen LogP contribution in [0.3, 0.4) is 0 Å². The van der Waals surface area contributed by atoms with Crippen molar-refractivity contribution in [3.63, 3.8) is 0 Å². The van der Waals surface area contributed by atoms with Crippen molar-refractivity contribution in [1.29, 1.82) is 0 Å². The third-order valence-electron chi connectivity index (χ3n) is 10.3. The van der Waals surface area contributed by atoms with Crippen LogP contribution < -0.4 is 41.8 Å². The van der Waals surface area contributed by atoms with Crippen LogP contribution in [-0.2, 0) is 19.2 Å². The van der Waals surface area contributed by atoms with Crippen molar-refractivity contribution in [3.8, 4) is 11.5 Å². The molecule has 0 aliphatic carbocycles. The number of halogens is 10. The number of benzene rings is 2. The summed E-state index contributed by atoms with van der Waals surface area (Å²) in [6.07, 6.45) is 3.17. The molecule has 4 aliphatic rings. The Balaban J connectivity index is 0.000000260. The molecule has 67 heavy (non-hydrogen) atoms. The van der Waals surface area contributed by atoms with Crippen LogP contribution in [0.2, 0.25) is 0 Å². The highest BCUT2D eigenvalue weighted by Crippen LogP contribution is 2.35. The molecule has 0 aromatic heterocycles. The van der Waals surface area contributed by atoms with Crippen LogP contribution in [-0.4, -0.2) is 99.2 Å². The number of carbonyl (C=O) groups is 6. The van der Waals surface area contributed by atoms with Gasteiger partial charge in [0.1, 0.15) is 0 Å². The molecule has 0 spiro atoms. The molecule has 27 heteroatoms. The molecule has 2 aromatic rings. The number of thioether (sulfide) groups is 2. The van der Waals surface area contributed by atoms with Gasteiger partial charge in [0.25, 0.3) is 0 Å². The van der Waals surface area contributed by atoms with Crippen LogP contribution in [0.15, 0.2) is 0 Å². The molecule has 5 amide bonds. The lowest BCUT2D eigenvalue weighted by molar-refractivity contribution is -0.137. The van der Waals surface area contributed by atoms with Gasteiger partial charge in [-0.3, -0.25) is 19.2 Å². The highest BCUT2D eigenvalue weighted by Gasteiger charge is 2.43. The topological polar surface area (TPSA) is 227 Å². The van der Waals surface area contributed by atoms with Gasteiger partial charge in [-0.1, -0.05) is 12.8 Å². The summed E-state index contributed by atoms with van der Waals surface area (Å²) in [5, 5.41) is 22.4. The van der Waals surface area contributed by atoms with Gasteiger partial charge < -0.3 is 46.9 Å². The number of fused-ring (bicyclic) bond motifs is 2. The molecule has 8 unspecified atom stereocenters. The zero-order valence-electron chi connectivity index (χ0n) is 35.5. The van der Waals surface area contributed by atoms with Crippen molar-refractivity contribution < 1.29 is 87.3 Å². The van der Waals surface area contributed by atoms with Gasteiger partial charge in [-0.25, -0.2) is 35.9 Å². The van der Waals surface area contributed by atoms with E-state index < -0.39 is 100 Å². The van der Waals surface area contributed by atoms with Gasteiger partial charge in [-0.05, 0) is 39.5 Å². The minimum absolute atomic E-state index is 0.0165. The number of carboxylic acid groups (broad SMARTS) is 1. The molecule has 4 aliphatic heterocycles. The zero-order valence-corrected chi connectivity index (χ0v) is 37.1. The Bertz CT molecular complexity index is 2130. The van der Waals surface area contributed by atoms with E-state index in [1.807, 2.05) is 0 Å². The predicted octanol–water partition coefficient (Wildman–Crippen LogP) is 5.73. The van der Waals surface area contributed by atoms with Crippen LogP contribution in [0.1, 0.15) is 78.1 Å². The highest BCUT2D eigenvalue weighted by atomic mass is 32.2. The Kier molecular flexibility index (Phi) is 20.1. The first-order valence-electron chi connectivity index (χ1n) is 20.6. The Morgan fingerprint density at radius 3 is 1.39 bits per heavy atom. The first-order chi connectivity index (χ1) is 31.5. The highest BCUT2D eigenvalue weighted by molar-refractivity contribution is 8.00. The summed E-state index contributed by atoms with van der Waals surface area (Å²) in [6.45, 7) is 3.09. The number of amides is 5. The molecule has 0 bridgehead atoms. The summed E-state index contributed by atoms with van der Waals surface area (Å²) in [5.41, 5.74) is 5.11. The number of urea groups is 2. The van der Waals surface area contributed by atoms with Crippen LogP contribution in [0.25, 0.3) is 0 Å². The molecule has 0 radical (unpaired) electrons. The molecule has 8 atom stereocenters. The zero-order chi connectivity index (χ0) is 49.9. The summed E-state index contributed by atoms with van der Waals surface area (Å²) >= 11 is 3.46. The summed E-state index contributed by atoms with van der Waals surface area (Å²) in [5.74, 6) is -27.5. The van der Waals surface area contributed by atoms with E-state index in [1.54, 1.807) is 30.4 Å². The van der Waals surface area contributed by atoms with E-state index >= 15 is 0 Å². The fourth-order valence-electron chi connectivity index (χ4n) is 7.12. The second-order valence-corrected chi connectivity index (χ2v) is 18.3. The van der Waals surface area contributed by atoms with E-state index in [-0.39, 0.29) is 77.9 Å². The monoisotopic (exact) mass is 1010 g/mol. The van der Waals surface area contributed by atoms with Gasteiger partial charge in [0, 0.05) is 46.9 Å². The number of carboxylic acids is 1. The molecule has 372 valence electrons. The van der Waals surface area contributed by atoms with E-state index in [9.17, 15) is 72.7 Å². The van der Waals surface area contributed by atoms with Gasteiger partial charge in [-0.2, -0.15) is 41.1 Å². The smallest absolute Gasteiger partial charge is 0.315 e. The van der Waals surface area contributed by atoms with Gasteiger partial charge >= 0.3 is 30.0 Å². The Morgan fingerprint density at radius 1 is 0.612 bits per heavy atom. The van der Waals surface area contributed by atoms with Crippen molar-refractivity contribution in [3.05, 3.63) is 58.2 Å². The molecule has 2 aromatic carbocycles. The number of hydrogen-bond donors (Lipinski definition) is 7. The van der Waals surface area contributed by atoms with Crippen molar-refractivity contribution in [2.24, 2.45) is 5.73 Å². The van der Waals surface area contributed by atoms with E-state index in [1.165, 1.54) is 6.92 Å². The standard InChI is InChI=1S/C20H22F5N3O4S.C16H15F5N2O3S.C4H9NO2/c1-8(6-12(30)32-19-16(24)14(22)13(21)15(23)17(19)25)26-11(29)5-3-2-4-10-18-9(7-33-10)27-20(31)28-18;17-9-10(18)12(20)15(13(21)11(9)19)26-8(24)4-2-1-3-7-14-6(5-27-7)22-16(25)23-14;1-3(5)2-4(6)7/h8-10,18H,2-7H2,1H3,(H,26,29)(H2,27,28,31);6-7,14H,1-5H2,(H2,22,23,25);3H,2,5H2,1H3,(H,6,7). The van der Waals surface area contributed by atoms with Gasteiger partial charge in [0.2, 0.25) is 75.6 Å². The average molecular weight is 1010 g/mol. The molecule has 0 saturated carbocycles. The molecular weight excluding hydrogens is 963 g/mol. The number of nitrogens with one attached hydrogen (secondary N) is 5. The third-order valence-corrected chi connectivity index (χ3v) is 13.3. The number of unbranched alkanes of at least 4 members (excludes halogenated alkanes) is 2. The Hall–Kier alpha value is -5.18. The summed E-state index contributed by atoms with van der Waals surface area (Å²) < 4.78 is 141. The van der Waals surface area contributed by atoms with Crippen molar-refractivity contribution in [1.82, 2.24) is 26.6 Å². The summed E-state index contributed by atoms with van der Waals surface area (Å²) in [7, 11) is 0. The van der Waals surface area contributed by atoms with Crippen molar-refractivity contribution in [2.45, 2.75) is 125 Å². The lowest BCUT2D eigenvalue weighted by atomic mass is 10.0. The fraction of sp³-hybridized carbons (Fsp3) is 0.550. The van der Waals surface area contributed by atoms with Crippen LogP contribution in [0, 0.1) is 58.2 Å². The number of rotatable bonds is 17. The predicted molar refractivity (Wildman–Crippen MR) is 220 cm³/mol. The SMILES string of the molecule is CC(CC(=O)Oc1c(F)c(F)c(F)c(F)c1F)NC(=O)CCCCC1SCC2NC(=O)NC21.CC(N)CC(=O)O.O=C1NC2CSC(CCCCC(=O)Oc3c(F)c(F)c(F)c(F)c3F)C2N1. The molecule has 6 rings (SSSR count). The molecule has 4 saturated heterocycles. The number of nitrogens with two attached hydrogens (primary N) is 1. The van der Waals surface area contributed by atoms with Gasteiger partial charge in [-0.15, -0.1) is 0 Å². The van der Waals surface area contributed by atoms with E-state index in [2.05, 4.69) is 36.1 Å². The normalized spacial score (nSPS) is 22.0. The fourth-order valence-corrected chi connectivity index (χ4v) is 10.2. The molecule has 4 fully saturated rings. The molecule has 15 nitrogen and oxygen atoms in total. The van der Waals surface area contributed by atoms with Gasteiger partial charge in [0.15, 0.2) is 0 Å². The quantitative estimate of drug-likeness (QED) is 0.0192. The first kappa shape index (κ1) is 54.4. The average Bonchev–Trinajstić information content (AvgIpc) is 4.03. The molecule has 8 N–H and O–H groups in total. The largest absolute Gasteiger partial charge is 0.481 e. The number of carbonyl (C=O) groups excluding carboxylic acids is 5. The van der Waals surface area contributed by atoms with Crippen LogP contribution in [0.5, 0.6) is 11.5 Å². The number of aliphatic carboxylic acids is 1. The molecular formula is C40H46F10N6O9S2. The summed E-state index contributed by atoms with van der Waals surface area (Å²) in [6, 6.07) is -1.09. The number of esters is 2. The minimum Gasteiger partial charge on any atom is -0.481 e. The maximum atomic E-state index is 13.6. The lowest BCUT2D eigenvalue weighted by Crippen LogP contribution is -2.37. The second kappa shape index (κ2) is 24.7. The number of ether oxygens (including phenoxy) is 2. The second-order valence-electron chi connectivity index (χ2n) is 15.7. The third kappa shape index (κ3) is 14.9. The van der Waals surface area contributed by atoms with Gasteiger partial charge in [0.05, 0.1) is 37.0 Å². The lowest BCUT2D eigenvalue weighted by Gasteiger charge is -2.17. The first-order valence-corrected chi connectivity index (χ1v) is 22.7. The maximum absolute atomic E-state index is 13.6. The van der Waals surface area contributed by atoms with E-state index in [4.69, 9.17) is 10.8 Å².